The lowest BCUT2D eigenvalue weighted by Gasteiger charge is -2.25. The summed E-state index contributed by atoms with van der Waals surface area (Å²) in [6, 6.07) is 6.89. The van der Waals surface area contributed by atoms with E-state index in [0.29, 0.717) is 6.04 Å². The number of aryl methyl sites for hydroxylation is 2. The molecule has 2 aliphatic carbocycles. The van der Waals surface area contributed by atoms with Crippen molar-refractivity contribution in [3.8, 4) is 5.75 Å². The summed E-state index contributed by atoms with van der Waals surface area (Å²) < 4.78 is 7.64. The Hall–Kier alpha value is -2.57. The highest BCUT2D eigenvalue weighted by Crippen LogP contribution is 2.44. The number of rotatable bonds is 9. The molecule has 1 aromatic heterocycles. The number of fused-ring (bicyclic) bond motifs is 2. The van der Waals surface area contributed by atoms with Crippen molar-refractivity contribution in [2.45, 2.75) is 65.0 Å². The third-order valence-corrected chi connectivity index (χ3v) is 6.80. The molecule has 2 fully saturated rings. The number of hydrogen-bond donors (Lipinski definition) is 2. The predicted molar refractivity (Wildman–Crippen MR) is 124 cm³/mol. The van der Waals surface area contributed by atoms with Gasteiger partial charge in [0.2, 0.25) is 0 Å². The van der Waals surface area contributed by atoms with E-state index >= 15 is 0 Å². The van der Waals surface area contributed by atoms with Crippen LogP contribution in [0.3, 0.4) is 0 Å². The lowest BCUT2D eigenvalue weighted by molar-refractivity contribution is 0.386. The maximum Gasteiger partial charge on any atom is 0.191 e. The largest absolute Gasteiger partial charge is 0.496 e. The first-order valence-electron chi connectivity index (χ1n) is 11.7. The SMILES string of the molecule is CCc1nncn1CCNC(=NCCc1cc(C)ccc1OC)NC1CC2CCC1C2. The van der Waals surface area contributed by atoms with Crippen LogP contribution in [0.5, 0.6) is 5.75 Å². The van der Waals surface area contributed by atoms with E-state index in [2.05, 4.69) is 51.4 Å². The first-order valence-corrected chi connectivity index (χ1v) is 11.7. The van der Waals surface area contributed by atoms with Gasteiger partial charge in [-0.05, 0) is 56.1 Å². The molecule has 1 aromatic carbocycles. The Balaban J connectivity index is 1.38. The van der Waals surface area contributed by atoms with Gasteiger partial charge in [0.05, 0.1) is 7.11 Å². The summed E-state index contributed by atoms with van der Waals surface area (Å²) in [7, 11) is 1.73. The number of nitrogens with zero attached hydrogens (tertiary/aromatic N) is 4. The van der Waals surface area contributed by atoms with Crippen molar-refractivity contribution in [1.82, 2.24) is 25.4 Å². The third kappa shape index (κ3) is 5.38. The van der Waals surface area contributed by atoms with Crippen molar-refractivity contribution in [3.63, 3.8) is 0 Å². The molecule has 31 heavy (non-hydrogen) atoms. The highest BCUT2D eigenvalue weighted by molar-refractivity contribution is 5.80. The summed E-state index contributed by atoms with van der Waals surface area (Å²) in [6.07, 6.45) is 8.99. The van der Waals surface area contributed by atoms with Crippen LogP contribution < -0.4 is 15.4 Å². The molecule has 2 bridgehead atoms. The molecule has 3 atom stereocenters. The van der Waals surface area contributed by atoms with Crippen LogP contribution in [0.1, 0.15) is 49.6 Å². The van der Waals surface area contributed by atoms with Gasteiger partial charge in [-0.25, -0.2) is 0 Å². The van der Waals surface area contributed by atoms with Gasteiger partial charge in [0.15, 0.2) is 5.96 Å². The number of aromatic nitrogens is 3. The molecule has 0 saturated heterocycles. The molecular weight excluding hydrogens is 388 g/mol. The van der Waals surface area contributed by atoms with Gasteiger partial charge in [0.1, 0.15) is 17.9 Å². The maximum absolute atomic E-state index is 5.53. The molecule has 0 spiro atoms. The molecule has 0 radical (unpaired) electrons. The summed E-state index contributed by atoms with van der Waals surface area (Å²) in [6.45, 7) is 6.58. The van der Waals surface area contributed by atoms with E-state index in [0.717, 1.165) is 61.8 Å². The van der Waals surface area contributed by atoms with Crippen LogP contribution in [0.2, 0.25) is 0 Å². The zero-order valence-electron chi connectivity index (χ0n) is 19.1. The summed E-state index contributed by atoms with van der Waals surface area (Å²) >= 11 is 0. The zero-order chi connectivity index (χ0) is 21.6. The summed E-state index contributed by atoms with van der Waals surface area (Å²) in [5.74, 6) is 4.60. The fourth-order valence-electron chi connectivity index (χ4n) is 5.17. The molecule has 2 aromatic rings. The van der Waals surface area contributed by atoms with E-state index in [-0.39, 0.29) is 0 Å². The second-order valence-electron chi connectivity index (χ2n) is 8.94. The van der Waals surface area contributed by atoms with E-state index in [1.165, 1.54) is 36.8 Å². The third-order valence-electron chi connectivity index (χ3n) is 6.80. The van der Waals surface area contributed by atoms with Crippen LogP contribution in [0, 0.1) is 18.8 Å². The standard InChI is InChI=1S/C24H36N6O/c1-4-23-29-27-16-30(23)12-11-26-24(28-21-15-18-6-7-19(21)14-18)25-10-9-20-13-17(2)5-8-22(20)31-3/h5,8,13,16,18-19,21H,4,6-7,9-12,14-15H2,1-3H3,(H2,25,26,28). The molecule has 1 heterocycles. The fraction of sp³-hybridized carbons (Fsp3) is 0.625. The molecule has 0 aliphatic heterocycles. The second-order valence-corrected chi connectivity index (χ2v) is 8.94. The van der Waals surface area contributed by atoms with Gasteiger partial charge < -0.3 is 19.9 Å². The second kappa shape index (κ2) is 10.2. The minimum atomic E-state index is 0.555. The van der Waals surface area contributed by atoms with Crippen LogP contribution in [0.4, 0.5) is 0 Å². The molecule has 168 valence electrons. The van der Waals surface area contributed by atoms with Crippen molar-refractivity contribution < 1.29 is 4.74 Å². The van der Waals surface area contributed by atoms with Gasteiger partial charge in [0, 0.05) is 32.1 Å². The molecule has 7 nitrogen and oxygen atoms in total. The highest BCUT2D eigenvalue weighted by atomic mass is 16.5. The van der Waals surface area contributed by atoms with Gasteiger partial charge in [-0.2, -0.15) is 0 Å². The minimum absolute atomic E-state index is 0.555. The van der Waals surface area contributed by atoms with Crippen LogP contribution in [-0.4, -0.2) is 47.0 Å². The van der Waals surface area contributed by atoms with Crippen molar-refractivity contribution >= 4 is 5.96 Å². The van der Waals surface area contributed by atoms with Gasteiger partial charge in [-0.3, -0.25) is 4.99 Å². The van der Waals surface area contributed by atoms with Crippen LogP contribution in [0.25, 0.3) is 0 Å². The number of nitrogens with one attached hydrogen (secondary N) is 2. The lowest BCUT2D eigenvalue weighted by atomic mass is 9.95. The van der Waals surface area contributed by atoms with E-state index in [4.69, 9.17) is 9.73 Å². The van der Waals surface area contributed by atoms with Gasteiger partial charge in [-0.1, -0.05) is 31.0 Å². The predicted octanol–water partition coefficient (Wildman–Crippen LogP) is 3.12. The Bertz CT molecular complexity index is 892. The molecule has 3 unspecified atom stereocenters. The number of ether oxygens (including phenoxy) is 1. The summed E-state index contributed by atoms with van der Waals surface area (Å²) in [5.41, 5.74) is 2.46. The van der Waals surface area contributed by atoms with E-state index in [1.54, 1.807) is 7.11 Å². The minimum Gasteiger partial charge on any atom is -0.496 e. The van der Waals surface area contributed by atoms with Gasteiger partial charge >= 0.3 is 0 Å². The van der Waals surface area contributed by atoms with E-state index in [9.17, 15) is 0 Å². The van der Waals surface area contributed by atoms with E-state index in [1.807, 2.05) is 12.4 Å². The van der Waals surface area contributed by atoms with Gasteiger partial charge in [0.25, 0.3) is 0 Å². The smallest absolute Gasteiger partial charge is 0.191 e. The summed E-state index contributed by atoms with van der Waals surface area (Å²) in [5, 5.41) is 15.5. The topological polar surface area (TPSA) is 76.4 Å². The van der Waals surface area contributed by atoms with Crippen molar-refractivity contribution in [3.05, 3.63) is 41.5 Å². The normalized spacial score (nSPS) is 22.7. The zero-order valence-corrected chi connectivity index (χ0v) is 19.1. The fourth-order valence-corrected chi connectivity index (χ4v) is 5.17. The average Bonchev–Trinajstić information content (AvgIpc) is 3.51. The molecule has 2 aliphatic rings. The Morgan fingerprint density at radius 3 is 2.94 bits per heavy atom. The number of aliphatic imine (C=N–C) groups is 1. The lowest BCUT2D eigenvalue weighted by Crippen LogP contribution is -2.46. The van der Waals surface area contributed by atoms with Crippen molar-refractivity contribution in [2.24, 2.45) is 16.8 Å². The Morgan fingerprint density at radius 1 is 1.29 bits per heavy atom. The Kier molecular flexibility index (Phi) is 7.10. The Labute approximate surface area is 185 Å². The molecule has 2 saturated carbocycles. The van der Waals surface area contributed by atoms with Crippen LogP contribution in [0.15, 0.2) is 29.5 Å². The average molecular weight is 425 g/mol. The maximum atomic E-state index is 5.53. The first-order chi connectivity index (χ1) is 15.2. The molecular formula is C24H36N6O. The Morgan fingerprint density at radius 2 is 2.19 bits per heavy atom. The molecule has 4 rings (SSSR count). The quantitative estimate of drug-likeness (QED) is 0.478. The number of benzene rings is 1. The number of guanidine groups is 1. The number of methoxy groups -OCH3 is 1. The monoisotopic (exact) mass is 424 g/mol. The molecule has 0 amide bonds. The van der Waals surface area contributed by atoms with Crippen LogP contribution in [-0.2, 0) is 19.4 Å². The van der Waals surface area contributed by atoms with Crippen molar-refractivity contribution in [1.29, 1.82) is 0 Å². The highest BCUT2D eigenvalue weighted by Gasteiger charge is 2.39. The van der Waals surface area contributed by atoms with Crippen molar-refractivity contribution in [2.75, 3.05) is 20.2 Å². The molecule has 7 heteroatoms. The number of hydrogen-bond acceptors (Lipinski definition) is 4. The first kappa shape index (κ1) is 21.7. The molecule has 2 N–H and O–H groups in total. The summed E-state index contributed by atoms with van der Waals surface area (Å²) in [4.78, 5) is 4.93. The van der Waals surface area contributed by atoms with Crippen LogP contribution >= 0.6 is 0 Å². The van der Waals surface area contributed by atoms with Gasteiger partial charge in [-0.15, -0.1) is 10.2 Å². The van der Waals surface area contributed by atoms with E-state index < -0.39 is 0 Å².